The molecular weight excluding hydrogens is 250 g/mol. The summed E-state index contributed by atoms with van der Waals surface area (Å²) in [7, 11) is 0. The third-order valence-corrected chi connectivity index (χ3v) is 3.68. The Morgan fingerprint density at radius 1 is 1.25 bits per heavy atom. The Morgan fingerprint density at radius 3 is 2.70 bits per heavy atom. The van der Waals surface area contributed by atoms with Gasteiger partial charge in [0.05, 0.1) is 5.69 Å². The molecule has 5 heteroatoms. The Labute approximate surface area is 119 Å². The summed E-state index contributed by atoms with van der Waals surface area (Å²) in [5, 5.41) is 7.68. The van der Waals surface area contributed by atoms with Crippen LogP contribution in [-0.2, 0) is 6.54 Å². The molecule has 1 aromatic carbocycles. The van der Waals surface area contributed by atoms with E-state index in [9.17, 15) is 0 Å². The van der Waals surface area contributed by atoms with Crippen molar-refractivity contribution in [2.24, 2.45) is 0 Å². The second-order valence-electron chi connectivity index (χ2n) is 6.03. The maximum Gasteiger partial charge on any atom is 0.138 e. The molecule has 1 aromatic heterocycles. The Kier molecular flexibility index (Phi) is 3.54. The van der Waals surface area contributed by atoms with Gasteiger partial charge >= 0.3 is 0 Å². The van der Waals surface area contributed by atoms with Crippen molar-refractivity contribution in [1.29, 1.82) is 0 Å². The number of piperazine rings is 1. The fourth-order valence-corrected chi connectivity index (χ4v) is 2.74. The summed E-state index contributed by atoms with van der Waals surface area (Å²) < 4.78 is 1.78. The van der Waals surface area contributed by atoms with Crippen LogP contribution in [0.2, 0.25) is 0 Å². The lowest BCUT2D eigenvalue weighted by Crippen LogP contribution is -2.56. The molecule has 106 valence electrons. The highest BCUT2D eigenvalue weighted by Crippen LogP contribution is 2.15. The molecular formula is C15H21N5. The van der Waals surface area contributed by atoms with E-state index in [1.54, 1.807) is 17.3 Å². The van der Waals surface area contributed by atoms with Crippen LogP contribution in [0.25, 0.3) is 5.69 Å². The van der Waals surface area contributed by atoms with Gasteiger partial charge in [-0.05, 0) is 31.5 Å². The lowest BCUT2D eigenvalue weighted by molar-refractivity contribution is 0.148. The van der Waals surface area contributed by atoms with Crippen molar-refractivity contribution in [3.05, 3.63) is 42.5 Å². The van der Waals surface area contributed by atoms with E-state index in [-0.39, 0.29) is 5.54 Å². The maximum atomic E-state index is 4.14. The molecule has 0 radical (unpaired) electrons. The van der Waals surface area contributed by atoms with E-state index in [1.165, 1.54) is 5.56 Å². The topological polar surface area (TPSA) is 46.0 Å². The lowest BCUT2D eigenvalue weighted by Gasteiger charge is -2.39. The highest BCUT2D eigenvalue weighted by atomic mass is 15.3. The minimum Gasteiger partial charge on any atom is -0.309 e. The fourth-order valence-electron chi connectivity index (χ4n) is 2.74. The van der Waals surface area contributed by atoms with Crippen LogP contribution >= 0.6 is 0 Å². The van der Waals surface area contributed by atoms with E-state index in [0.717, 1.165) is 31.9 Å². The van der Waals surface area contributed by atoms with Crippen molar-refractivity contribution in [1.82, 2.24) is 25.0 Å². The zero-order valence-corrected chi connectivity index (χ0v) is 12.1. The molecule has 1 saturated heterocycles. The van der Waals surface area contributed by atoms with Crippen molar-refractivity contribution in [3.8, 4) is 5.69 Å². The quantitative estimate of drug-likeness (QED) is 0.918. The van der Waals surface area contributed by atoms with E-state index in [4.69, 9.17) is 0 Å². The van der Waals surface area contributed by atoms with Crippen LogP contribution in [0, 0.1) is 0 Å². The average Bonchev–Trinajstić information content (AvgIpc) is 2.92. The summed E-state index contributed by atoms with van der Waals surface area (Å²) in [6.45, 7) is 8.76. The van der Waals surface area contributed by atoms with Crippen LogP contribution in [-0.4, -0.2) is 44.8 Å². The van der Waals surface area contributed by atoms with Gasteiger partial charge in [-0.3, -0.25) is 4.90 Å². The first kappa shape index (κ1) is 13.3. The number of rotatable bonds is 3. The van der Waals surface area contributed by atoms with E-state index >= 15 is 0 Å². The second-order valence-corrected chi connectivity index (χ2v) is 6.03. The van der Waals surface area contributed by atoms with Gasteiger partial charge in [-0.1, -0.05) is 12.1 Å². The largest absolute Gasteiger partial charge is 0.309 e. The van der Waals surface area contributed by atoms with Gasteiger partial charge in [-0.15, -0.1) is 0 Å². The summed E-state index contributed by atoms with van der Waals surface area (Å²) in [4.78, 5) is 6.47. The first-order valence-corrected chi connectivity index (χ1v) is 7.04. The zero-order chi connectivity index (χ0) is 14.0. The fraction of sp³-hybridized carbons (Fsp3) is 0.467. The van der Waals surface area contributed by atoms with Gasteiger partial charge in [0, 0.05) is 31.7 Å². The third kappa shape index (κ3) is 3.05. The summed E-state index contributed by atoms with van der Waals surface area (Å²) in [5.41, 5.74) is 2.59. The predicted molar refractivity (Wildman–Crippen MR) is 78.7 cm³/mol. The van der Waals surface area contributed by atoms with Crippen LogP contribution in [0.4, 0.5) is 0 Å². The Balaban J connectivity index is 1.66. The Hall–Kier alpha value is -1.72. The average molecular weight is 271 g/mol. The van der Waals surface area contributed by atoms with Gasteiger partial charge in [-0.25, -0.2) is 9.67 Å². The first-order chi connectivity index (χ1) is 9.62. The van der Waals surface area contributed by atoms with Crippen LogP contribution in [0.1, 0.15) is 19.4 Å². The van der Waals surface area contributed by atoms with E-state index in [1.807, 2.05) is 0 Å². The van der Waals surface area contributed by atoms with Crippen LogP contribution in [0.5, 0.6) is 0 Å². The van der Waals surface area contributed by atoms with Gasteiger partial charge in [0.15, 0.2) is 0 Å². The minimum absolute atomic E-state index is 0.207. The normalized spacial score (nSPS) is 19.1. The standard InChI is InChI=1S/C15H21N5/c1-15(2)10-19(8-7-17-15)9-13-3-5-14(6-4-13)20-12-16-11-18-20/h3-6,11-12,17H,7-10H2,1-2H3. The number of hydrogen-bond donors (Lipinski definition) is 1. The summed E-state index contributed by atoms with van der Waals surface area (Å²) >= 11 is 0. The highest BCUT2D eigenvalue weighted by Gasteiger charge is 2.25. The van der Waals surface area contributed by atoms with E-state index in [2.05, 4.69) is 58.4 Å². The van der Waals surface area contributed by atoms with Gasteiger partial charge in [0.1, 0.15) is 12.7 Å². The molecule has 2 heterocycles. The number of aromatic nitrogens is 3. The predicted octanol–water partition coefficient (Wildman–Crippen LogP) is 1.45. The molecule has 0 bridgehead atoms. The van der Waals surface area contributed by atoms with Gasteiger partial charge in [0.2, 0.25) is 0 Å². The smallest absolute Gasteiger partial charge is 0.138 e. The molecule has 1 aliphatic heterocycles. The molecule has 0 amide bonds. The zero-order valence-electron chi connectivity index (χ0n) is 12.1. The minimum atomic E-state index is 0.207. The number of benzene rings is 1. The molecule has 5 nitrogen and oxygen atoms in total. The van der Waals surface area contributed by atoms with Gasteiger partial charge < -0.3 is 5.32 Å². The van der Waals surface area contributed by atoms with Gasteiger partial charge in [-0.2, -0.15) is 5.10 Å². The van der Waals surface area contributed by atoms with Crippen molar-refractivity contribution >= 4 is 0 Å². The molecule has 1 N–H and O–H groups in total. The molecule has 0 saturated carbocycles. The van der Waals surface area contributed by atoms with Crippen LogP contribution in [0.15, 0.2) is 36.9 Å². The van der Waals surface area contributed by atoms with Crippen molar-refractivity contribution in [3.63, 3.8) is 0 Å². The van der Waals surface area contributed by atoms with E-state index in [0.29, 0.717) is 0 Å². The molecule has 0 unspecified atom stereocenters. The second kappa shape index (κ2) is 5.34. The number of nitrogens with one attached hydrogen (secondary N) is 1. The van der Waals surface area contributed by atoms with Crippen molar-refractivity contribution < 1.29 is 0 Å². The third-order valence-electron chi connectivity index (χ3n) is 3.68. The van der Waals surface area contributed by atoms with Crippen molar-refractivity contribution in [2.45, 2.75) is 25.9 Å². The first-order valence-electron chi connectivity index (χ1n) is 7.04. The molecule has 1 aliphatic rings. The number of hydrogen-bond acceptors (Lipinski definition) is 4. The molecule has 0 spiro atoms. The maximum absolute atomic E-state index is 4.14. The summed E-state index contributed by atoms with van der Waals surface area (Å²) in [6.07, 6.45) is 3.27. The van der Waals surface area contributed by atoms with Crippen LogP contribution < -0.4 is 5.32 Å². The SMILES string of the molecule is CC1(C)CN(Cc2ccc(-n3cncn3)cc2)CCN1. The molecule has 0 atom stereocenters. The lowest BCUT2D eigenvalue weighted by atomic mass is 10.0. The molecule has 0 aliphatic carbocycles. The van der Waals surface area contributed by atoms with E-state index < -0.39 is 0 Å². The Morgan fingerprint density at radius 2 is 2.05 bits per heavy atom. The summed E-state index contributed by atoms with van der Waals surface area (Å²) in [5.74, 6) is 0. The van der Waals surface area contributed by atoms with Gasteiger partial charge in [0.25, 0.3) is 0 Å². The Bertz CT molecular complexity index is 544. The molecule has 3 rings (SSSR count). The molecule has 20 heavy (non-hydrogen) atoms. The monoisotopic (exact) mass is 271 g/mol. The number of nitrogens with zero attached hydrogens (tertiary/aromatic N) is 4. The molecule has 2 aromatic rings. The summed E-state index contributed by atoms with van der Waals surface area (Å²) in [6, 6.07) is 8.53. The van der Waals surface area contributed by atoms with Crippen LogP contribution in [0.3, 0.4) is 0 Å². The highest BCUT2D eigenvalue weighted by molar-refractivity contribution is 5.33. The van der Waals surface area contributed by atoms with Crippen molar-refractivity contribution in [2.75, 3.05) is 19.6 Å². The molecule has 1 fully saturated rings.